The molecule has 6 N–H and O–H groups in total. The van der Waals surface area contributed by atoms with E-state index >= 15 is 0 Å². The molecule has 1 aliphatic carbocycles. The van der Waals surface area contributed by atoms with E-state index in [2.05, 4.69) is 60.1 Å². The van der Waals surface area contributed by atoms with Crippen LogP contribution in [0.1, 0.15) is 87.7 Å². The van der Waals surface area contributed by atoms with Crippen molar-refractivity contribution in [1.82, 2.24) is 15.6 Å². The average molecular weight is 1020 g/mol. The number of H-pyrrole nitrogens is 1. The Hall–Kier alpha value is -6.65. The Morgan fingerprint density at radius 2 is 1.56 bits per heavy atom. The highest BCUT2D eigenvalue weighted by atomic mass is 35.5. The number of anilines is 2. The third-order valence-electron chi connectivity index (χ3n) is 13.5. The van der Waals surface area contributed by atoms with E-state index in [4.69, 9.17) is 30.2 Å². The van der Waals surface area contributed by atoms with E-state index in [0.717, 1.165) is 33.4 Å². The highest BCUT2D eigenvalue weighted by Gasteiger charge is 2.40. The van der Waals surface area contributed by atoms with Crippen LogP contribution < -0.4 is 31.6 Å². The molecule has 72 heavy (non-hydrogen) atoms. The second-order valence-electron chi connectivity index (χ2n) is 19.8. The molecule has 0 bridgehead atoms. The Labute approximate surface area is 427 Å². The number of aromatic nitrogens is 1. The first-order valence-electron chi connectivity index (χ1n) is 24.5. The molecule has 16 heteroatoms. The SMILES string of the molecule is COc1cc(NC(=O)CCCc2ccc(-c3ccccc3)c(NC(=O)OC3CCC(NC(=O)OCc4ccccc4)CC3)c2)c(Cl)cc1CNC[C@@H](O[Si](C)(C)C(C)(C)C)c1ccc(O)c2[nH]c(=O)ccc12. The number of methoxy groups -OCH3 is 1. The van der Waals surface area contributed by atoms with Crippen molar-refractivity contribution in [2.24, 2.45) is 0 Å². The van der Waals surface area contributed by atoms with Gasteiger partial charge >= 0.3 is 12.2 Å². The number of carbonyl (C=O) groups excluding carboxylic acids is 3. The van der Waals surface area contributed by atoms with Gasteiger partial charge in [-0.1, -0.05) is 111 Å². The molecule has 1 saturated carbocycles. The maximum Gasteiger partial charge on any atom is 0.411 e. The zero-order valence-corrected chi connectivity index (χ0v) is 43.6. The van der Waals surface area contributed by atoms with Crippen LogP contribution in [0.4, 0.5) is 21.0 Å². The summed E-state index contributed by atoms with van der Waals surface area (Å²) in [5.41, 5.74) is 6.30. The van der Waals surface area contributed by atoms with Gasteiger partial charge in [0.1, 0.15) is 24.2 Å². The summed E-state index contributed by atoms with van der Waals surface area (Å²) in [6.45, 7) is 11.9. The fraction of sp³-hybridized carbons (Fsp3) is 0.357. The van der Waals surface area contributed by atoms with Gasteiger partial charge in [0.05, 0.1) is 35.1 Å². The number of aromatic hydroxyl groups is 1. The molecule has 1 heterocycles. The largest absolute Gasteiger partial charge is 0.506 e. The number of fused-ring (bicyclic) bond motifs is 1. The zero-order chi connectivity index (χ0) is 51.4. The van der Waals surface area contributed by atoms with E-state index in [9.17, 15) is 24.3 Å². The third-order valence-corrected chi connectivity index (χ3v) is 18.3. The topological polar surface area (TPSA) is 189 Å². The van der Waals surface area contributed by atoms with Crippen LogP contribution >= 0.6 is 11.6 Å². The molecule has 1 aliphatic rings. The van der Waals surface area contributed by atoms with Gasteiger partial charge in [0, 0.05) is 54.2 Å². The van der Waals surface area contributed by atoms with Gasteiger partial charge in [-0.25, -0.2) is 9.59 Å². The molecule has 3 amide bonds. The molecule has 380 valence electrons. The Bertz CT molecular complexity index is 2880. The van der Waals surface area contributed by atoms with Crippen LogP contribution in [0.15, 0.2) is 120 Å². The minimum Gasteiger partial charge on any atom is -0.506 e. The number of rotatable bonds is 19. The summed E-state index contributed by atoms with van der Waals surface area (Å²) in [6.07, 6.45) is 2.08. The number of phenols is 1. The number of ether oxygens (including phenoxy) is 3. The summed E-state index contributed by atoms with van der Waals surface area (Å²) in [5.74, 6) is 0.307. The smallest absolute Gasteiger partial charge is 0.411 e. The van der Waals surface area contributed by atoms with Crippen LogP contribution in [-0.4, -0.2) is 62.3 Å². The van der Waals surface area contributed by atoms with Crippen LogP contribution in [0.3, 0.4) is 0 Å². The van der Waals surface area contributed by atoms with Gasteiger partial charge in [0.2, 0.25) is 11.5 Å². The highest BCUT2D eigenvalue weighted by molar-refractivity contribution is 6.74. The van der Waals surface area contributed by atoms with Crippen molar-refractivity contribution in [3.8, 4) is 22.6 Å². The second-order valence-corrected chi connectivity index (χ2v) is 24.9. The summed E-state index contributed by atoms with van der Waals surface area (Å²) in [5, 5.41) is 24.0. The molecule has 1 atom stereocenters. The van der Waals surface area contributed by atoms with Crippen LogP contribution in [0, 0.1) is 0 Å². The van der Waals surface area contributed by atoms with Crippen LogP contribution in [0.2, 0.25) is 23.2 Å². The first-order chi connectivity index (χ1) is 34.5. The number of hydrogen-bond donors (Lipinski definition) is 6. The van der Waals surface area contributed by atoms with E-state index < -0.39 is 26.6 Å². The van der Waals surface area contributed by atoms with Gasteiger partial charge < -0.3 is 44.7 Å². The van der Waals surface area contributed by atoms with Crippen molar-refractivity contribution in [2.45, 2.75) is 115 Å². The molecule has 6 aromatic rings. The average Bonchev–Trinajstić information content (AvgIpc) is 3.35. The van der Waals surface area contributed by atoms with E-state index in [-0.39, 0.29) is 47.4 Å². The van der Waals surface area contributed by atoms with Crippen molar-refractivity contribution >= 4 is 60.3 Å². The van der Waals surface area contributed by atoms with Crippen molar-refractivity contribution in [3.63, 3.8) is 0 Å². The predicted octanol–water partition coefficient (Wildman–Crippen LogP) is 12.2. The fourth-order valence-corrected chi connectivity index (χ4v) is 10.1. The Kier molecular flexibility index (Phi) is 17.8. The second kappa shape index (κ2) is 24.2. The maximum absolute atomic E-state index is 13.4. The molecular formula is C56H66ClN5O9Si. The number of aryl methyl sites for hydroxylation is 1. The summed E-state index contributed by atoms with van der Waals surface area (Å²) >= 11 is 6.80. The minimum absolute atomic E-state index is 0.0174. The standard InChI is InChI=1S/C56H66ClN5O9Si/c1-56(2,3)72(5,6)71-50(43-26-28-48(63)53-44(43)27-29-52(65)62-53)34-58-33-39-31-45(57)47(32-49(39)68-4)60-51(64)19-13-16-36-20-25-42(38-17-11-8-12-18-38)46(30-36)61-55(67)70-41-23-21-40(22-24-41)59-54(66)69-35-37-14-9-7-10-15-37/h7-12,14-15,17-18,20,25-32,40-41,50,58,63H,13,16,19,21-24,33-35H2,1-6H3,(H,59,66)(H,60,64)(H,61,67)(H,62,65)/t40?,41?,50-/m1/s1. The summed E-state index contributed by atoms with van der Waals surface area (Å²) in [4.78, 5) is 54.1. The normalized spacial score (nSPS) is 15.3. The molecule has 0 aliphatic heterocycles. The summed E-state index contributed by atoms with van der Waals surface area (Å²) in [6, 6.07) is 35.2. The molecule has 5 aromatic carbocycles. The van der Waals surface area contributed by atoms with E-state index in [1.807, 2.05) is 84.9 Å². The monoisotopic (exact) mass is 1020 g/mol. The molecule has 1 fully saturated rings. The molecule has 14 nitrogen and oxygen atoms in total. The molecule has 0 saturated heterocycles. The van der Waals surface area contributed by atoms with E-state index in [1.54, 1.807) is 31.4 Å². The number of halogens is 1. The zero-order valence-electron chi connectivity index (χ0n) is 41.9. The summed E-state index contributed by atoms with van der Waals surface area (Å²) < 4.78 is 24.0. The first-order valence-corrected chi connectivity index (χ1v) is 27.8. The Morgan fingerprint density at radius 3 is 2.26 bits per heavy atom. The quantitative estimate of drug-likeness (QED) is 0.0426. The lowest BCUT2D eigenvalue weighted by molar-refractivity contribution is -0.116. The summed E-state index contributed by atoms with van der Waals surface area (Å²) in [7, 11) is -0.741. The predicted molar refractivity (Wildman–Crippen MR) is 286 cm³/mol. The minimum atomic E-state index is -2.31. The van der Waals surface area contributed by atoms with Crippen molar-refractivity contribution in [1.29, 1.82) is 0 Å². The Balaban J connectivity index is 0.928. The number of pyridine rings is 1. The number of alkyl carbamates (subject to hydrolysis) is 1. The van der Waals surface area contributed by atoms with Crippen LogP contribution in [0.5, 0.6) is 11.5 Å². The number of phenolic OH excluding ortho intramolecular Hbond substituents is 1. The number of aromatic amines is 1. The van der Waals surface area contributed by atoms with Crippen LogP contribution in [0.25, 0.3) is 22.0 Å². The molecule has 0 unspecified atom stereocenters. The maximum atomic E-state index is 13.4. The highest BCUT2D eigenvalue weighted by Crippen LogP contribution is 2.41. The Morgan fingerprint density at radius 1 is 0.833 bits per heavy atom. The number of nitrogens with one attached hydrogen (secondary N) is 5. The lowest BCUT2D eigenvalue weighted by Crippen LogP contribution is -2.43. The fourth-order valence-electron chi connectivity index (χ4n) is 8.58. The number of hydrogen-bond acceptors (Lipinski definition) is 10. The number of benzene rings is 5. The molecule has 7 rings (SSSR count). The van der Waals surface area contributed by atoms with Gasteiger partial charge in [0.15, 0.2) is 8.32 Å². The van der Waals surface area contributed by atoms with E-state index in [0.29, 0.717) is 84.7 Å². The van der Waals surface area contributed by atoms with Gasteiger partial charge in [-0.15, -0.1) is 0 Å². The van der Waals surface area contributed by atoms with Gasteiger partial charge in [0.25, 0.3) is 0 Å². The van der Waals surface area contributed by atoms with Gasteiger partial charge in [-0.3, -0.25) is 14.9 Å². The first kappa shape index (κ1) is 53.2. The number of carbonyl (C=O) groups is 3. The van der Waals surface area contributed by atoms with E-state index in [1.165, 1.54) is 6.07 Å². The molecule has 0 spiro atoms. The molecule has 1 aromatic heterocycles. The third kappa shape index (κ3) is 14.3. The van der Waals surface area contributed by atoms with Crippen molar-refractivity contribution in [2.75, 3.05) is 24.3 Å². The van der Waals surface area contributed by atoms with Crippen LogP contribution in [-0.2, 0) is 38.3 Å². The molecule has 0 radical (unpaired) electrons. The van der Waals surface area contributed by atoms with Crippen molar-refractivity contribution in [3.05, 3.63) is 153 Å². The lowest BCUT2D eigenvalue weighted by Gasteiger charge is -2.39. The van der Waals surface area contributed by atoms with Gasteiger partial charge in [-0.2, -0.15) is 0 Å². The van der Waals surface area contributed by atoms with Gasteiger partial charge in [-0.05, 0) is 103 Å². The molecular weight excluding hydrogens is 950 g/mol. The van der Waals surface area contributed by atoms with Crippen molar-refractivity contribution < 1.29 is 38.1 Å². The number of amides is 3. The lowest BCUT2D eigenvalue weighted by atomic mass is 9.93.